The van der Waals surface area contributed by atoms with Gasteiger partial charge in [-0.05, 0) is 31.4 Å². The van der Waals surface area contributed by atoms with E-state index in [1.165, 1.54) is 0 Å². The zero-order chi connectivity index (χ0) is 20.1. The van der Waals surface area contributed by atoms with Crippen LogP contribution >= 0.6 is 0 Å². The Hall–Kier alpha value is -2.43. The van der Waals surface area contributed by atoms with Gasteiger partial charge in [0.2, 0.25) is 5.88 Å². The molecule has 2 rings (SSSR count). The number of nitrogens with zero attached hydrogens (tertiary/aromatic N) is 4. The molecule has 146 valence electrons. The van der Waals surface area contributed by atoms with Crippen LogP contribution in [0.2, 0.25) is 0 Å². The van der Waals surface area contributed by atoms with Crippen LogP contribution in [0.3, 0.4) is 0 Å². The van der Waals surface area contributed by atoms with Crippen LogP contribution in [0, 0.1) is 6.92 Å². The van der Waals surface area contributed by atoms with Gasteiger partial charge in [-0.15, -0.1) is 6.58 Å². The largest absolute Gasteiger partial charge is 0.480 e. The molecule has 0 amide bonds. The molecule has 0 bridgehead atoms. The number of likely N-dealkylation sites (N-methyl/N-ethyl adjacent to an activating group) is 1. The molecule has 0 saturated heterocycles. The van der Waals surface area contributed by atoms with Crippen molar-refractivity contribution >= 4 is 5.82 Å². The van der Waals surface area contributed by atoms with Crippen LogP contribution in [-0.4, -0.2) is 35.7 Å². The Bertz CT molecular complexity index is 801. The first-order chi connectivity index (χ1) is 12.8. The molecule has 0 aliphatic rings. The van der Waals surface area contributed by atoms with E-state index in [9.17, 15) is 0 Å². The molecule has 2 heterocycles. The molecule has 2 aromatic rings. The summed E-state index contributed by atoms with van der Waals surface area (Å²) in [5, 5.41) is 0. The lowest BCUT2D eigenvalue weighted by molar-refractivity contribution is 0.397. The van der Waals surface area contributed by atoms with Crippen LogP contribution in [0.1, 0.15) is 63.0 Å². The van der Waals surface area contributed by atoms with E-state index in [1.54, 1.807) is 7.11 Å². The van der Waals surface area contributed by atoms with Crippen molar-refractivity contribution in [1.82, 2.24) is 15.0 Å². The van der Waals surface area contributed by atoms with Crippen LogP contribution in [0.5, 0.6) is 5.88 Å². The van der Waals surface area contributed by atoms with Crippen LogP contribution in [0.25, 0.3) is 11.3 Å². The molecule has 0 saturated carbocycles. The molecule has 1 atom stereocenters. The maximum atomic E-state index is 5.58. The molecule has 5 nitrogen and oxygen atoms in total. The highest BCUT2D eigenvalue weighted by Gasteiger charge is 2.21. The summed E-state index contributed by atoms with van der Waals surface area (Å²) in [6.45, 7) is 15.2. The number of pyridine rings is 1. The molecule has 0 radical (unpaired) electrons. The van der Waals surface area contributed by atoms with E-state index in [1.807, 2.05) is 32.2 Å². The van der Waals surface area contributed by atoms with Gasteiger partial charge in [-0.1, -0.05) is 33.8 Å². The van der Waals surface area contributed by atoms with E-state index in [-0.39, 0.29) is 0 Å². The van der Waals surface area contributed by atoms with Gasteiger partial charge in [0.1, 0.15) is 0 Å². The first kappa shape index (κ1) is 20.9. The highest BCUT2D eigenvalue weighted by atomic mass is 16.5. The van der Waals surface area contributed by atoms with Gasteiger partial charge in [0.25, 0.3) is 0 Å². The van der Waals surface area contributed by atoms with Crippen molar-refractivity contribution in [3.05, 3.63) is 41.9 Å². The molecule has 0 spiro atoms. The maximum Gasteiger partial charge on any atom is 0.222 e. The van der Waals surface area contributed by atoms with Crippen LogP contribution in [-0.2, 0) is 0 Å². The van der Waals surface area contributed by atoms with Gasteiger partial charge in [0, 0.05) is 25.2 Å². The van der Waals surface area contributed by atoms with Gasteiger partial charge in [0.05, 0.1) is 29.8 Å². The summed E-state index contributed by atoms with van der Waals surface area (Å²) < 4.78 is 5.58. The summed E-state index contributed by atoms with van der Waals surface area (Å²) in [6, 6.07) is 4.08. The van der Waals surface area contributed by atoms with E-state index in [4.69, 9.17) is 14.7 Å². The molecular formula is C22H32N4O. The van der Waals surface area contributed by atoms with Crippen molar-refractivity contribution in [1.29, 1.82) is 0 Å². The molecular weight excluding hydrogens is 336 g/mol. The minimum absolute atomic E-state index is 0.329. The molecule has 0 N–H and O–H groups in total. The Morgan fingerprint density at radius 2 is 1.89 bits per heavy atom. The average Bonchev–Trinajstić information content (AvgIpc) is 2.66. The summed E-state index contributed by atoms with van der Waals surface area (Å²) in [6.07, 6.45) is 2.89. The molecule has 5 heteroatoms. The van der Waals surface area contributed by atoms with Crippen LogP contribution in [0.15, 0.2) is 24.8 Å². The van der Waals surface area contributed by atoms with Gasteiger partial charge < -0.3 is 9.64 Å². The van der Waals surface area contributed by atoms with Crippen molar-refractivity contribution < 1.29 is 4.74 Å². The number of rotatable bonds is 8. The summed E-state index contributed by atoms with van der Waals surface area (Å²) in [4.78, 5) is 16.7. The lowest BCUT2D eigenvalue weighted by Crippen LogP contribution is -2.22. The second-order valence-electron chi connectivity index (χ2n) is 7.29. The lowest BCUT2D eigenvalue weighted by atomic mass is 10.0. The highest BCUT2D eigenvalue weighted by Crippen LogP contribution is 2.34. The summed E-state index contributed by atoms with van der Waals surface area (Å²) >= 11 is 0. The number of ether oxygens (including phenoxy) is 1. The minimum Gasteiger partial charge on any atom is -0.480 e. The molecule has 0 fully saturated rings. The second kappa shape index (κ2) is 8.98. The van der Waals surface area contributed by atoms with Crippen LogP contribution < -0.4 is 9.64 Å². The lowest BCUT2D eigenvalue weighted by Gasteiger charge is -2.23. The summed E-state index contributed by atoms with van der Waals surface area (Å²) in [5.74, 6) is 2.14. The second-order valence-corrected chi connectivity index (χ2v) is 7.29. The number of aromatic nitrogens is 3. The molecule has 0 aliphatic carbocycles. The van der Waals surface area contributed by atoms with Gasteiger partial charge in [-0.2, -0.15) is 0 Å². The van der Waals surface area contributed by atoms with Gasteiger partial charge in [-0.25, -0.2) is 9.97 Å². The van der Waals surface area contributed by atoms with Crippen molar-refractivity contribution in [2.45, 2.75) is 52.9 Å². The number of aryl methyl sites for hydroxylation is 1. The molecule has 0 aliphatic heterocycles. The summed E-state index contributed by atoms with van der Waals surface area (Å²) in [7, 11) is 3.67. The van der Waals surface area contributed by atoms with E-state index < -0.39 is 0 Å². The third-order valence-electron chi connectivity index (χ3n) is 4.84. The fourth-order valence-corrected chi connectivity index (χ4v) is 2.98. The molecule has 2 aromatic heterocycles. The Labute approximate surface area is 163 Å². The third-order valence-corrected chi connectivity index (χ3v) is 4.84. The number of hydrogen-bond donors (Lipinski definition) is 0. The first-order valence-corrected chi connectivity index (χ1v) is 9.59. The number of anilines is 1. The van der Waals surface area contributed by atoms with Gasteiger partial charge in [0.15, 0.2) is 5.82 Å². The fourth-order valence-electron chi connectivity index (χ4n) is 2.98. The van der Waals surface area contributed by atoms with E-state index >= 15 is 0 Å². The molecule has 0 aromatic carbocycles. The maximum absolute atomic E-state index is 5.58. The molecule has 1 unspecified atom stereocenters. The van der Waals surface area contributed by atoms with E-state index in [0.29, 0.717) is 24.3 Å². The number of methoxy groups -OCH3 is 1. The smallest absolute Gasteiger partial charge is 0.222 e. The van der Waals surface area contributed by atoms with Crippen LogP contribution in [0.4, 0.5) is 5.82 Å². The Morgan fingerprint density at radius 3 is 2.44 bits per heavy atom. The monoisotopic (exact) mass is 368 g/mol. The average molecular weight is 369 g/mol. The van der Waals surface area contributed by atoms with Crippen molar-refractivity contribution in [3.8, 4) is 17.1 Å². The van der Waals surface area contributed by atoms with Crippen molar-refractivity contribution in [3.63, 3.8) is 0 Å². The Balaban J connectivity index is 2.67. The zero-order valence-electron chi connectivity index (χ0n) is 17.7. The highest BCUT2D eigenvalue weighted by molar-refractivity contribution is 5.69. The van der Waals surface area contributed by atoms with E-state index in [2.05, 4.69) is 44.2 Å². The Kier molecular flexibility index (Phi) is 6.94. The quantitative estimate of drug-likeness (QED) is 0.606. The summed E-state index contributed by atoms with van der Waals surface area (Å²) in [5.41, 5.74) is 4.59. The van der Waals surface area contributed by atoms with Crippen molar-refractivity contribution in [2.24, 2.45) is 0 Å². The standard InChI is InChI=1S/C22H32N4O/c1-9-13-26(7)21-19(15(5)10-2)23-16(6)20(25-21)17-11-12-18(14(3)4)24-22(17)27-8/h9,11-12,14-15H,1,10,13H2,2-8H3. The van der Waals surface area contributed by atoms with Gasteiger partial charge >= 0.3 is 0 Å². The first-order valence-electron chi connectivity index (χ1n) is 9.59. The minimum atomic E-state index is 0.329. The fraction of sp³-hybridized carbons (Fsp3) is 0.500. The predicted octanol–water partition coefficient (Wildman–Crippen LogP) is 5.11. The topological polar surface area (TPSA) is 51.1 Å². The molecule has 27 heavy (non-hydrogen) atoms. The van der Waals surface area contributed by atoms with Crippen molar-refractivity contribution in [2.75, 3.05) is 25.6 Å². The normalized spacial score (nSPS) is 12.1. The number of hydrogen-bond acceptors (Lipinski definition) is 5. The third kappa shape index (κ3) is 4.46. The van der Waals surface area contributed by atoms with E-state index in [0.717, 1.165) is 40.6 Å². The predicted molar refractivity (Wildman–Crippen MR) is 113 cm³/mol. The zero-order valence-corrected chi connectivity index (χ0v) is 17.7. The van der Waals surface area contributed by atoms with Gasteiger partial charge in [-0.3, -0.25) is 4.98 Å². The Morgan fingerprint density at radius 1 is 1.19 bits per heavy atom. The SMILES string of the molecule is C=CCN(C)c1nc(-c2ccc(C(C)C)nc2OC)c(C)nc1C(C)CC.